The largest absolute Gasteiger partial charge is 0.293 e. The van der Waals surface area contributed by atoms with Gasteiger partial charge in [-0.3, -0.25) is 14.2 Å². The van der Waals surface area contributed by atoms with Crippen LogP contribution in [0.4, 0.5) is 0 Å². The maximum Gasteiger partial charge on any atom is 0.267 e. The molecule has 1 atom stereocenters. The lowest BCUT2D eigenvalue weighted by Gasteiger charge is -2.17. The van der Waals surface area contributed by atoms with Gasteiger partial charge in [0.1, 0.15) is 4.83 Å². The average Bonchev–Trinajstić information content (AvgIpc) is 3.15. The van der Waals surface area contributed by atoms with Gasteiger partial charge >= 0.3 is 0 Å². The summed E-state index contributed by atoms with van der Waals surface area (Å²) in [6, 6.07) is 14.3. The number of halogens is 2. The molecule has 0 radical (unpaired) electrons. The van der Waals surface area contributed by atoms with Gasteiger partial charge in [-0.1, -0.05) is 60.1 Å². The molecule has 0 N–H and O–H groups in total. The molecule has 0 aliphatic heterocycles. The second-order valence-electron chi connectivity index (χ2n) is 8.24. The van der Waals surface area contributed by atoms with Crippen molar-refractivity contribution in [2.24, 2.45) is 5.92 Å². The maximum atomic E-state index is 13.8. The summed E-state index contributed by atoms with van der Waals surface area (Å²) in [5.74, 6) is 0.571. The number of hydrogen-bond acceptors (Lipinski definition) is 5. The summed E-state index contributed by atoms with van der Waals surface area (Å²) in [6.07, 6.45) is 2.97. The zero-order valence-corrected chi connectivity index (χ0v) is 21.0. The minimum Gasteiger partial charge on any atom is -0.293 e. The van der Waals surface area contributed by atoms with Crippen LogP contribution in [0.1, 0.15) is 34.1 Å². The zero-order chi connectivity index (χ0) is 23.1. The van der Waals surface area contributed by atoms with E-state index in [1.54, 1.807) is 34.1 Å². The normalized spacial score (nSPS) is 15.5. The number of hydrogen-bond donors (Lipinski definition) is 0. The Hall–Kier alpha value is -2.12. The first-order chi connectivity index (χ1) is 15.9. The Morgan fingerprint density at radius 2 is 2.00 bits per heavy atom. The van der Waals surface area contributed by atoms with Gasteiger partial charge in [-0.25, -0.2) is 4.98 Å². The van der Waals surface area contributed by atoms with Gasteiger partial charge in [0.2, 0.25) is 0 Å². The van der Waals surface area contributed by atoms with E-state index in [9.17, 15) is 9.59 Å². The Kier molecular flexibility index (Phi) is 6.36. The fraction of sp³-hybridized carbons (Fsp3) is 0.240. The Bertz CT molecular complexity index is 1430. The molecule has 0 saturated carbocycles. The van der Waals surface area contributed by atoms with Crippen molar-refractivity contribution in [1.82, 2.24) is 9.55 Å². The fourth-order valence-corrected chi connectivity index (χ4v) is 7.03. The molecule has 1 unspecified atom stereocenters. The van der Waals surface area contributed by atoms with Gasteiger partial charge in [0, 0.05) is 15.5 Å². The van der Waals surface area contributed by atoms with Crippen LogP contribution in [0.3, 0.4) is 0 Å². The molecule has 168 valence electrons. The first-order valence-corrected chi connectivity index (χ1v) is 13.2. The molecule has 33 heavy (non-hydrogen) atoms. The predicted octanol–water partition coefficient (Wildman–Crippen LogP) is 6.85. The van der Waals surface area contributed by atoms with E-state index in [-0.39, 0.29) is 17.1 Å². The highest BCUT2D eigenvalue weighted by Crippen LogP contribution is 2.37. The number of benzene rings is 2. The molecular formula is C25H20Cl2N2O2S2. The molecule has 8 heteroatoms. The predicted molar refractivity (Wildman–Crippen MR) is 138 cm³/mol. The van der Waals surface area contributed by atoms with Crippen LogP contribution in [0, 0.1) is 5.92 Å². The summed E-state index contributed by atoms with van der Waals surface area (Å²) in [7, 11) is 0. The third kappa shape index (κ3) is 4.37. The van der Waals surface area contributed by atoms with Crippen LogP contribution in [-0.4, -0.2) is 21.1 Å². The van der Waals surface area contributed by atoms with Gasteiger partial charge in [0.25, 0.3) is 5.56 Å². The molecular weight excluding hydrogens is 495 g/mol. The summed E-state index contributed by atoms with van der Waals surface area (Å²) >= 11 is 15.0. The van der Waals surface area contributed by atoms with Gasteiger partial charge < -0.3 is 0 Å². The first-order valence-electron chi connectivity index (χ1n) is 10.7. The van der Waals surface area contributed by atoms with E-state index in [0.717, 1.165) is 40.7 Å². The van der Waals surface area contributed by atoms with Crippen molar-refractivity contribution in [1.29, 1.82) is 0 Å². The zero-order valence-electron chi connectivity index (χ0n) is 17.8. The maximum absolute atomic E-state index is 13.8. The number of aryl methyl sites for hydroxylation is 1. The smallest absolute Gasteiger partial charge is 0.267 e. The number of para-hydroxylation sites is 1. The van der Waals surface area contributed by atoms with E-state index in [1.165, 1.54) is 16.6 Å². The standard InChI is InChI=1S/C25H20Cl2N2O2S2/c1-14-7-9-18-21(11-14)33-23-22(18)24(31)29(16-5-3-2-4-6-16)25(28-23)32-13-20(30)17-10-8-15(26)12-19(17)27/h2-6,8,10,12,14H,7,9,11,13H2,1H3. The van der Waals surface area contributed by atoms with Crippen molar-refractivity contribution in [3.63, 3.8) is 0 Å². The van der Waals surface area contributed by atoms with E-state index in [4.69, 9.17) is 28.2 Å². The van der Waals surface area contributed by atoms with Gasteiger partial charge in [0.15, 0.2) is 10.9 Å². The summed E-state index contributed by atoms with van der Waals surface area (Å²) < 4.78 is 1.63. The Morgan fingerprint density at radius 1 is 1.21 bits per heavy atom. The van der Waals surface area contributed by atoms with Crippen LogP contribution in [0.25, 0.3) is 15.9 Å². The number of carbonyl (C=O) groups excluding carboxylic acids is 1. The van der Waals surface area contributed by atoms with Crippen LogP contribution in [0.2, 0.25) is 10.0 Å². The molecule has 2 aromatic heterocycles. The summed E-state index contributed by atoms with van der Waals surface area (Å²) in [5.41, 5.74) is 2.22. The third-order valence-corrected chi connectivity index (χ3v) is 8.51. The molecule has 1 aliphatic rings. The second kappa shape index (κ2) is 9.26. The summed E-state index contributed by atoms with van der Waals surface area (Å²) in [4.78, 5) is 33.5. The molecule has 2 aromatic carbocycles. The van der Waals surface area contributed by atoms with Crippen LogP contribution < -0.4 is 5.56 Å². The summed E-state index contributed by atoms with van der Waals surface area (Å²) in [6.45, 7) is 2.25. The van der Waals surface area contributed by atoms with Crippen LogP contribution in [-0.2, 0) is 12.8 Å². The minimum absolute atomic E-state index is 0.0715. The lowest BCUT2D eigenvalue weighted by Crippen LogP contribution is -2.23. The number of thiophene rings is 1. The highest BCUT2D eigenvalue weighted by molar-refractivity contribution is 7.99. The highest BCUT2D eigenvalue weighted by atomic mass is 35.5. The van der Waals surface area contributed by atoms with Crippen LogP contribution in [0.5, 0.6) is 0 Å². The Balaban J connectivity index is 1.58. The molecule has 0 bridgehead atoms. The Morgan fingerprint density at radius 3 is 2.76 bits per heavy atom. The number of Topliss-reactive ketones (excluding diaryl/α,β-unsaturated/α-hetero) is 1. The van der Waals surface area contributed by atoms with Crippen LogP contribution in [0.15, 0.2) is 58.5 Å². The highest BCUT2D eigenvalue weighted by Gasteiger charge is 2.25. The van der Waals surface area contributed by atoms with E-state index >= 15 is 0 Å². The number of fused-ring (bicyclic) bond motifs is 3. The molecule has 1 aliphatic carbocycles. The molecule has 0 fully saturated rings. The monoisotopic (exact) mass is 514 g/mol. The van der Waals surface area contributed by atoms with Gasteiger partial charge in [-0.2, -0.15) is 0 Å². The molecule has 0 amide bonds. The average molecular weight is 515 g/mol. The lowest BCUT2D eigenvalue weighted by atomic mass is 9.89. The lowest BCUT2D eigenvalue weighted by molar-refractivity contribution is 0.102. The number of carbonyl (C=O) groups is 1. The SMILES string of the molecule is CC1CCc2c(sc3nc(SCC(=O)c4ccc(Cl)cc4Cl)n(-c4ccccc4)c(=O)c23)C1. The molecule has 2 heterocycles. The number of thioether (sulfide) groups is 1. The quantitative estimate of drug-likeness (QED) is 0.166. The number of rotatable bonds is 5. The van der Waals surface area contributed by atoms with Gasteiger partial charge in [-0.05, 0) is 61.1 Å². The van der Waals surface area contributed by atoms with E-state index in [0.29, 0.717) is 26.7 Å². The number of nitrogens with zero attached hydrogens (tertiary/aromatic N) is 2. The molecule has 0 spiro atoms. The van der Waals surface area contributed by atoms with Crippen molar-refractivity contribution in [3.8, 4) is 5.69 Å². The van der Waals surface area contributed by atoms with E-state index in [2.05, 4.69) is 6.92 Å². The minimum atomic E-state index is -0.144. The van der Waals surface area contributed by atoms with E-state index < -0.39 is 0 Å². The van der Waals surface area contributed by atoms with Crippen molar-refractivity contribution >= 4 is 62.3 Å². The molecule has 5 rings (SSSR count). The molecule has 4 nitrogen and oxygen atoms in total. The fourth-order valence-electron chi connectivity index (χ4n) is 4.20. The van der Waals surface area contributed by atoms with Crippen molar-refractivity contribution in [2.75, 3.05) is 5.75 Å². The second-order valence-corrected chi connectivity index (χ2v) is 11.1. The molecule has 4 aromatic rings. The van der Waals surface area contributed by atoms with Gasteiger partial charge in [-0.15, -0.1) is 11.3 Å². The van der Waals surface area contributed by atoms with Gasteiger partial charge in [0.05, 0.1) is 21.8 Å². The first kappa shape index (κ1) is 22.7. The van der Waals surface area contributed by atoms with Crippen LogP contribution >= 0.6 is 46.3 Å². The number of aromatic nitrogens is 2. The Labute approximate surface area is 209 Å². The topological polar surface area (TPSA) is 52.0 Å². The molecule has 0 saturated heterocycles. The number of ketones is 1. The van der Waals surface area contributed by atoms with Crippen molar-refractivity contribution in [2.45, 2.75) is 31.3 Å². The van der Waals surface area contributed by atoms with Crippen molar-refractivity contribution in [3.05, 3.63) is 84.9 Å². The van der Waals surface area contributed by atoms with E-state index in [1.807, 2.05) is 30.3 Å². The summed E-state index contributed by atoms with van der Waals surface area (Å²) in [5, 5.41) is 2.02. The third-order valence-electron chi connectivity index (χ3n) is 5.88. The van der Waals surface area contributed by atoms with Crippen molar-refractivity contribution < 1.29 is 4.79 Å².